The second-order valence-corrected chi connectivity index (χ2v) is 9.95. The Kier molecular flexibility index (Phi) is 2.42. The Morgan fingerprint density at radius 2 is 2.00 bits per heavy atom. The lowest BCUT2D eigenvalue weighted by Crippen LogP contribution is -2.43. The molecule has 0 aliphatic carbocycles. The molecular weight excluding hydrogens is 202 g/mol. The van der Waals surface area contributed by atoms with Gasteiger partial charge in [-0.05, 0) is 38.2 Å². The fourth-order valence-corrected chi connectivity index (χ4v) is 2.68. The van der Waals surface area contributed by atoms with Crippen LogP contribution in [0.3, 0.4) is 0 Å². The molecule has 2 rings (SSSR count). The summed E-state index contributed by atoms with van der Waals surface area (Å²) in [7, 11) is -1.29. The molecule has 15 heavy (non-hydrogen) atoms. The quantitative estimate of drug-likeness (QED) is 0.663. The van der Waals surface area contributed by atoms with E-state index in [9.17, 15) is 0 Å². The van der Waals surface area contributed by atoms with Gasteiger partial charge < -0.3 is 4.74 Å². The minimum atomic E-state index is -1.29. The van der Waals surface area contributed by atoms with Crippen molar-refractivity contribution < 1.29 is 8.98 Å². The van der Waals surface area contributed by atoms with Crippen LogP contribution >= 0.6 is 0 Å². The number of hydrogen-bond acceptors (Lipinski definition) is 1. The molecule has 0 fully saturated rings. The van der Waals surface area contributed by atoms with E-state index in [0.29, 0.717) is 6.73 Å². The first-order chi connectivity index (χ1) is 6.98. The smallest absolute Gasteiger partial charge is 0.351 e. The molecule has 0 unspecified atom stereocenters. The van der Waals surface area contributed by atoms with Crippen LogP contribution in [0, 0.1) is 6.92 Å². The maximum atomic E-state index is 5.82. The molecule has 1 aromatic rings. The number of fused-ring (bicyclic) bond motifs is 1. The summed E-state index contributed by atoms with van der Waals surface area (Å²) in [6, 6.07) is 6.30. The Labute approximate surface area is 92.3 Å². The van der Waals surface area contributed by atoms with Crippen molar-refractivity contribution in [3.05, 3.63) is 29.3 Å². The van der Waals surface area contributed by atoms with Crippen molar-refractivity contribution in [3.63, 3.8) is 0 Å². The van der Waals surface area contributed by atoms with E-state index in [1.165, 1.54) is 11.1 Å². The van der Waals surface area contributed by atoms with Crippen LogP contribution < -0.4 is 4.74 Å². The first-order valence-electron chi connectivity index (χ1n) is 5.32. The Morgan fingerprint density at radius 1 is 1.27 bits per heavy atom. The molecule has 0 spiro atoms. The van der Waals surface area contributed by atoms with E-state index in [2.05, 4.69) is 55.2 Å². The van der Waals surface area contributed by atoms with Gasteiger partial charge in [-0.2, -0.15) is 0 Å². The molecule has 1 aliphatic rings. The monoisotopic (exact) mass is 220 g/mol. The third-order valence-corrected chi connectivity index (χ3v) is 4.73. The zero-order chi connectivity index (χ0) is 11.1. The van der Waals surface area contributed by atoms with Gasteiger partial charge in [0.2, 0.25) is 0 Å². The molecule has 80 valence electrons. The lowest BCUT2D eigenvalue weighted by Gasteiger charge is -2.21. The second kappa shape index (κ2) is 3.49. The molecule has 3 heteroatoms. The molecule has 0 saturated carbocycles. The molecule has 0 radical (unpaired) electrons. The van der Waals surface area contributed by atoms with Crippen molar-refractivity contribution in [1.82, 2.24) is 0 Å². The number of para-hydroxylation sites is 1. The van der Waals surface area contributed by atoms with E-state index < -0.39 is 8.24 Å². The number of aryl methyl sites for hydroxylation is 1. The van der Waals surface area contributed by atoms with Gasteiger partial charge >= 0.3 is 8.24 Å². The summed E-state index contributed by atoms with van der Waals surface area (Å²) < 4.78 is 8.18. The van der Waals surface area contributed by atoms with E-state index in [1.807, 2.05) is 0 Å². The van der Waals surface area contributed by atoms with Crippen molar-refractivity contribution >= 4 is 14.5 Å². The van der Waals surface area contributed by atoms with Crippen molar-refractivity contribution in [1.29, 1.82) is 0 Å². The maximum absolute atomic E-state index is 5.82. The van der Waals surface area contributed by atoms with Gasteiger partial charge in [0.1, 0.15) is 5.75 Å². The minimum Gasteiger partial charge on any atom is -0.437 e. The first-order valence-corrected chi connectivity index (χ1v) is 8.77. The number of rotatable bonds is 1. The highest BCUT2D eigenvalue weighted by Gasteiger charge is 2.32. The SMILES string of the molecule is Cc1cccc2c1OC[N+]([Si](C)(C)C)=C2. The molecule has 0 saturated heterocycles. The zero-order valence-electron chi connectivity index (χ0n) is 9.87. The van der Waals surface area contributed by atoms with Crippen LogP contribution in [0.2, 0.25) is 19.6 Å². The molecule has 0 bridgehead atoms. The Hall–Kier alpha value is -1.09. The van der Waals surface area contributed by atoms with Crippen molar-refractivity contribution in [3.8, 4) is 5.75 Å². The van der Waals surface area contributed by atoms with Crippen LogP contribution in [0.25, 0.3) is 0 Å². The molecule has 0 amide bonds. The van der Waals surface area contributed by atoms with Crippen LogP contribution in [0.1, 0.15) is 11.1 Å². The first kappa shape index (κ1) is 10.4. The molecular formula is C12H18NOSi+. The molecule has 0 aromatic heterocycles. The number of benzene rings is 1. The summed E-state index contributed by atoms with van der Waals surface area (Å²) >= 11 is 0. The molecule has 2 nitrogen and oxygen atoms in total. The minimum absolute atomic E-state index is 0.702. The van der Waals surface area contributed by atoms with E-state index >= 15 is 0 Å². The molecule has 1 aromatic carbocycles. The van der Waals surface area contributed by atoms with Crippen molar-refractivity contribution in [2.45, 2.75) is 26.6 Å². The molecule has 0 atom stereocenters. The van der Waals surface area contributed by atoms with Gasteiger partial charge in [0.25, 0.3) is 6.73 Å². The highest BCUT2D eigenvalue weighted by atomic mass is 28.3. The molecule has 0 N–H and O–H groups in total. The highest BCUT2D eigenvalue weighted by molar-refractivity contribution is 6.68. The fourth-order valence-electron chi connectivity index (χ4n) is 1.70. The van der Waals surface area contributed by atoms with Crippen LogP contribution in [0.15, 0.2) is 18.2 Å². The van der Waals surface area contributed by atoms with Gasteiger partial charge in [0.15, 0.2) is 6.21 Å². The van der Waals surface area contributed by atoms with E-state index in [-0.39, 0.29) is 0 Å². The molecule has 1 aliphatic heterocycles. The summed E-state index contributed by atoms with van der Waals surface area (Å²) in [6.45, 7) is 9.78. The van der Waals surface area contributed by atoms with Crippen LogP contribution in [0.5, 0.6) is 5.75 Å². The van der Waals surface area contributed by atoms with Gasteiger partial charge in [-0.15, -0.1) is 0 Å². The standard InChI is InChI=1S/C12H18NOSi/c1-10-6-5-7-11-8-13(15(2,3)4)9-14-12(10)11/h5-8H,9H2,1-4H3/q+1. The average Bonchev–Trinajstić information content (AvgIpc) is 2.16. The van der Waals surface area contributed by atoms with Gasteiger partial charge in [-0.3, -0.25) is 4.24 Å². The van der Waals surface area contributed by atoms with Gasteiger partial charge in [-0.1, -0.05) is 12.1 Å². The summed E-state index contributed by atoms with van der Waals surface area (Å²) in [5.74, 6) is 1.05. The van der Waals surface area contributed by atoms with Gasteiger partial charge in [0.05, 0.1) is 5.56 Å². The van der Waals surface area contributed by atoms with Crippen LogP contribution in [-0.2, 0) is 0 Å². The maximum Gasteiger partial charge on any atom is 0.351 e. The van der Waals surface area contributed by atoms with E-state index in [1.54, 1.807) is 0 Å². The van der Waals surface area contributed by atoms with E-state index in [0.717, 1.165) is 5.75 Å². The van der Waals surface area contributed by atoms with E-state index in [4.69, 9.17) is 4.74 Å². The van der Waals surface area contributed by atoms with Crippen LogP contribution in [0.4, 0.5) is 0 Å². The Morgan fingerprint density at radius 3 is 2.67 bits per heavy atom. The number of hydrogen-bond donors (Lipinski definition) is 0. The summed E-state index contributed by atoms with van der Waals surface area (Å²) in [5, 5.41) is 0. The Balaban J connectivity index is 2.47. The normalized spacial score (nSPS) is 15.3. The summed E-state index contributed by atoms with van der Waals surface area (Å²) in [4.78, 5) is 0. The summed E-state index contributed by atoms with van der Waals surface area (Å²) in [5.41, 5.74) is 2.43. The second-order valence-electron chi connectivity index (χ2n) is 5.04. The number of nitrogens with zero attached hydrogens (tertiary/aromatic N) is 1. The third-order valence-electron chi connectivity index (χ3n) is 2.75. The summed E-state index contributed by atoms with van der Waals surface area (Å²) in [6.07, 6.45) is 2.25. The highest BCUT2D eigenvalue weighted by Crippen LogP contribution is 2.25. The van der Waals surface area contributed by atoms with Gasteiger partial charge in [0, 0.05) is 0 Å². The largest absolute Gasteiger partial charge is 0.437 e. The lowest BCUT2D eigenvalue weighted by atomic mass is 10.1. The lowest BCUT2D eigenvalue weighted by molar-refractivity contribution is -0.438. The Bertz CT molecular complexity index is 418. The van der Waals surface area contributed by atoms with Gasteiger partial charge in [-0.25, -0.2) is 0 Å². The zero-order valence-corrected chi connectivity index (χ0v) is 10.9. The third kappa shape index (κ3) is 1.97. The van der Waals surface area contributed by atoms with Crippen molar-refractivity contribution in [2.75, 3.05) is 6.73 Å². The molecule has 1 heterocycles. The van der Waals surface area contributed by atoms with Crippen molar-refractivity contribution in [2.24, 2.45) is 0 Å². The number of ether oxygens (including phenoxy) is 1. The topological polar surface area (TPSA) is 12.2 Å². The van der Waals surface area contributed by atoms with Crippen LogP contribution in [-0.4, -0.2) is 25.4 Å². The fraction of sp³-hybridized carbons (Fsp3) is 0.417. The predicted octanol–water partition coefficient (Wildman–Crippen LogP) is 2.61. The average molecular weight is 220 g/mol. The predicted molar refractivity (Wildman–Crippen MR) is 65.4 cm³/mol.